The summed E-state index contributed by atoms with van der Waals surface area (Å²) in [5, 5.41) is 6.32. The van der Waals surface area contributed by atoms with E-state index in [2.05, 4.69) is 27.5 Å². The summed E-state index contributed by atoms with van der Waals surface area (Å²) in [7, 11) is -2.03. The molecule has 0 radical (unpaired) electrons. The molecule has 0 aliphatic carbocycles. The minimum Gasteiger partial charge on any atom is -0.497 e. The zero-order valence-electron chi connectivity index (χ0n) is 20.6. The van der Waals surface area contributed by atoms with Gasteiger partial charge in [-0.25, -0.2) is 13.1 Å². The first-order valence-corrected chi connectivity index (χ1v) is 13.6. The summed E-state index contributed by atoms with van der Waals surface area (Å²) >= 11 is 0. The molecule has 3 aromatic rings. The summed E-state index contributed by atoms with van der Waals surface area (Å²) in [6.07, 6.45) is 0.433. The quantitative estimate of drug-likeness (QED) is 0.413. The molecule has 0 saturated carbocycles. The molecule has 1 aliphatic heterocycles. The van der Waals surface area contributed by atoms with Crippen LogP contribution in [-0.4, -0.2) is 47.1 Å². The lowest BCUT2D eigenvalue weighted by molar-refractivity contribution is -0.125. The zero-order chi connectivity index (χ0) is 25.5. The van der Waals surface area contributed by atoms with Crippen LogP contribution in [0.25, 0.3) is 0 Å². The summed E-state index contributed by atoms with van der Waals surface area (Å²) in [6, 6.07) is 24.3. The van der Waals surface area contributed by atoms with Crippen molar-refractivity contribution < 1.29 is 17.9 Å². The number of methoxy groups -OCH3 is 1. The Hall–Kier alpha value is -3.20. The number of amides is 1. The molecule has 3 unspecified atom stereocenters. The van der Waals surface area contributed by atoms with Gasteiger partial charge < -0.3 is 15.4 Å². The van der Waals surface area contributed by atoms with Gasteiger partial charge in [0.1, 0.15) is 5.75 Å². The lowest BCUT2D eigenvalue weighted by Crippen LogP contribution is -2.52. The summed E-state index contributed by atoms with van der Waals surface area (Å²) in [5.41, 5.74) is 3.18. The molecular weight excluding hydrogens is 474 g/mol. The fourth-order valence-corrected chi connectivity index (χ4v) is 5.78. The van der Waals surface area contributed by atoms with Crippen LogP contribution in [0.2, 0.25) is 0 Å². The highest BCUT2D eigenvalue weighted by Crippen LogP contribution is 2.26. The fourth-order valence-electron chi connectivity index (χ4n) is 4.53. The van der Waals surface area contributed by atoms with Gasteiger partial charge in [0.25, 0.3) is 0 Å². The van der Waals surface area contributed by atoms with Crippen LogP contribution in [-0.2, 0) is 14.8 Å². The molecule has 1 fully saturated rings. The van der Waals surface area contributed by atoms with Crippen molar-refractivity contribution in [2.75, 3.05) is 26.7 Å². The van der Waals surface area contributed by atoms with Crippen molar-refractivity contribution >= 4 is 15.9 Å². The second kappa shape index (κ2) is 11.7. The van der Waals surface area contributed by atoms with E-state index >= 15 is 0 Å². The van der Waals surface area contributed by atoms with Crippen molar-refractivity contribution in [2.24, 2.45) is 5.92 Å². The highest BCUT2D eigenvalue weighted by atomic mass is 32.2. The minimum absolute atomic E-state index is 0.0200. The summed E-state index contributed by atoms with van der Waals surface area (Å²) in [5.74, 6) is 0.336. The molecule has 3 N–H and O–H groups in total. The molecule has 36 heavy (non-hydrogen) atoms. The molecule has 190 valence electrons. The van der Waals surface area contributed by atoms with Crippen LogP contribution >= 0.6 is 0 Å². The van der Waals surface area contributed by atoms with Crippen LogP contribution in [0, 0.1) is 12.8 Å². The van der Waals surface area contributed by atoms with Gasteiger partial charge in [-0.2, -0.15) is 0 Å². The maximum absolute atomic E-state index is 13.1. The van der Waals surface area contributed by atoms with Gasteiger partial charge in [-0.15, -0.1) is 0 Å². The van der Waals surface area contributed by atoms with E-state index in [9.17, 15) is 13.2 Å². The van der Waals surface area contributed by atoms with Crippen LogP contribution in [0.3, 0.4) is 0 Å². The summed E-state index contributed by atoms with van der Waals surface area (Å²) in [4.78, 5) is 13.4. The number of sulfonamides is 1. The van der Waals surface area contributed by atoms with Gasteiger partial charge in [-0.1, -0.05) is 60.2 Å². The maximum atomic E-state index is 13.1. The van der Waals surface area contributed by atoms with E-state index in [1.807, 2.05) is 49.4 Å². The predicted octanol–water partition coefficient (Wildman–Crippen LogP) is 3.21. The maximum Gasteiger partial charge on any atom is 0.240 e. The van der Waals surface area contributed by atoms with Crippen molar-refractivity contribution in [3.63, 3.8) is 0 Å². The van der Waals surface area contributed by atoms with Gasteiger partial charge >= 0.3 is 0 Å². The minimum atomic E-state index is -3.66. The molecule has 3 aromatic carbocycles. The highest BCUT2D eigenvalue weighted by Gasteiger charge is 2.30. The van der Waals surface area contributed by atoms with Crippen LogP contribution in [0.15, 0.2) is 83.8 Å². The van der Waals surface area contributed by atoms with Crippen LogP contribution in [0.5, 0.6) is 5.75 Å². The third-order valence-electron chi connectivity index (χ3n) is 6.57. The normalized spacial score (nSPS) is 18.8. The Labute approximate surface area is 213 Å². The molecule has 0 aromatic heterocycles. The Balaban J connectivity index is 1.40. The topological polar surface area (TPSA) is 96.5 Å². The van der Waals surface area contributed by atoms with Crippen LogP contribution in [0.4, 0.5) is 0 Å². The van der Waals surface area contributed by atoms with E-state index in [-0.39, 0.29) is 28.7 Å². The first-order chi connectivity index (χ1) is 17.4. The van der Waals surface area contributed by atoms with Crippen molar-refractivity contribution in [1.82, 2.24) is 15.4 Å². The van der Waals surface area contributed by atoms with E-state index < -0.39 is 10.0 Å². The second-order valence-electron chi connectivity index (χ2n) is 9.20. The second-order valence-corrected chi connectivity index (χ2v) is 10.9. The van der Waals surface area contributed by atoms with Crippen molar-refractivity contribution in [1.29, 1.82) is 0 Å². The average molecular weight is 508 g/mol. The molecule has 1 saturated heterocycles. The number of carbonyl (C=O) groups excluding carboxylic acids is 1. The number of hydrogen-bond acceptors (Lipinski definition) is 5. The number of carbonyl (C=O) groups is 1. The first kappa shape index (κ1) is 25.9. The number of benzene rings is 3. The number of nitrogens with one attached hydrogen (secondary N) is 3. The predicted molar refractivity (Wildman–Crippen MR) is 141 cm³/mol. The number of hydrogen-bond donors (Lipinski definition) is 3. The monoisotopic (exact) mass is 507 g/mol. The summed E-state index contributed by atoms with van der Waals surface area (Å²) < 4.78 is 33.7. The smallest absolute Gasteiger partial charge is 0.240 e. The third kappa shape index (κ3) is 6.51. The van der Waals surface area contributed by atoms with Gasteiger partial charge in [-0.05, 0) is 48.7 Å². The molecule has 7 nitrogen and oxygen atoms in total. The third-order valence-corrected chi connectivity index (χ3v) is 8.11. The Kier molecular flexibility index (Phi) is 8.40. The lowest BCUT2D eigenvalue weighted by Gasteiger charge is -2.30. The molecule has 8 heteroatoms. The molecule has 3 atom stereocenters. The largest absolute Gasteiger partial charge is 0.497 e. The van der Waals surface area contributed by atoms with E-state index in [4.69, 9.17) is 4.74 Å². The van der Waals surface area contributed by atoms with Gasteiger partial charge in [-0.3, -0.25) is 4.79 Å². The van der Waals surface area contributed by atoms with E-state index in [1.54, 1.807) is 31.4 Å². The van der Waals surface area contributed by atoms with Crippen molar-refractivity contribution in [2.45, 2.75) is 30.2 Å². The fraction of sp³-hybridized carbons (Fsp3) is 0.321. The van der Waals surface area contributed by atoms with E-state index in [0.29, 0.717) is 26.1 Å². The van der Waals surface area contributed by atoms with Crippen molar-refractivity contribution in [3.05, 3.63) is 95.6 Å². The molecule has 1 aliphatic rings. The Bertz CT molecular complexity index is 1250. The van der Waals surface area contributed by atoms with Crippen LogP contribution < -0.4 is 20.1 Å². The average Bonchev–Trinajstić information content (AvgIpc) is 2.90. The Morgan fingerprint density at radius 1 is 0.972 bits per heavy atom. The molecule has 0 spiro atoms. The number of ether oxygens (including phenoxy) is 1. The Morgan fingerprint density at radius 2 is 1.64 bits per heavy atom. The lowest BCUT2D eigenvalue weighted by atomic mass is 9.90. The Morgan fingerprint density at radius 3 is 2.31 bits per heavy atom. The number of rotatable bonds is 9. The standard InChI is InChI=1S/C28H33N3O4S/c1-20-8-14-26(15-9-20)36(33,34)31-24-16-23(17-29-18-24)28(32)30-19-27(21-6-4-3-5-7-21)22-10-12-25(35-2)13-11-22/h3-15,23-24,27,29,31H,16-19H2,1-2H3,(H,30,32). The van der Waals surface area contributed by atoms with Gasteiger partial charge in [0.2, 0.25) is 15.9 Å². The number of aryl methyl sites for hydroxylation is 1. The molecule has 1 amide bonds. The first-order valence-electron chi connectivity index (χ1n) is 12.1. The molecule has 4 rings (SSSR count). The summed E-state index contributed by atoms with van der Waals surface area (Å²) in [6.45, 7) is 3.33. The van der Waals surface area contributed by atoms with Gasteiger partial charge in [0.05, 0.1) is 17.9 Å². The van der Waals surface area contributed by atoms with Gasteiger partial charge in [0, 0.05) is 31.6 Å². The zero-order valence-corrected chi connectivity index (χ0v) is 21.4. The van der Waals surface area contributed by atoms with Gasteiger partial charge in [0.15, 0.2) is 0 Å². The van der Waals surface area contributed by atoms with E-state index in [0.717, 1.165) is 22.4 Å². The van der Waals surface area contributed by atoms with E-state index in [1.165, 1.54) is 0 Å². The number of piperidine rings is 1. The van der Waals surface area contributed by atoms with Crippen LogP contribution in [0.1, 0.15) is 29.0 Å². The molecular formula is C28H33N3O4S. The molecule has 1 heterocycles. The molecule has 0 bridgehead atoms. The van der Waals surface area contributed by atoms with Crippen molar-refractivity contribution in [3.8, 4) is 5.75 Å². The highest BCUT2D eigenvalue weighted by molar-refractivity contribution is 7.89. The SMILES string of the molecule is COc1ccc(C(CNC(=O)C2CNCC(NS(=O)(=O)c3ccc(C)cc3)C2)c2ccccc2)cc1.